The molecule has 0 aromatic rings. The van der Waals surface area contributed by atoms with Crippen LogP contribution < -0.4 is 11.1 Å². The van der Waals surface area contributed by atoms with E-state index < -0.39 is 0 Å². The fraction of sp³-hybridized carbons (Fsp3) is 0.929. The van der Waals surface area contributed by atoms with Gasteiger partial charge in [0.15, 0.2) is 5.96 Å². The molecule has 2 rings (SSSR count). The van der Waals surface area contributed by atoms with Gasteiger partial charge in [-0.15, -0.1) is 0 Å². The van der Waals surface area contributed by atoms with Gasteiger partial charge in [-0.3, -0.25) is 4.99 Å². The van der Waals surface area contributed by atoms with Crippen molar-refractivity contribution >= 4 is 5.96 Å². The summed E-state index contributed by atoms with van der Waals surface area (Å²) in [6.45, 7) is 0.818. The van der Waals surface area contributed by atoms with Crippen molar-refractivity contribution in [1.29, 1.82) is 0 Å². The van der Waals surface area contributed by atoms with E-state index in [1.54, 1.807) is 0 Å². The molecule has 18 heavy (non-hydrogen) atoms. The van der Waals surface area contributed by atoms with Crippen molar-refractivity contribution in [2.24, 2.45) is 16.6 Å². The van der Waals surface area contributed by atoms with Crippen LogP contribution in [0.1, 0.15) is 57.8 Å². The number of nitrogens with zero attached hydrogens (tertiary/aromatic N) is 1. The van der Waals surface area contributed by atoms with Gasteiger partial charge in [-0.25, -0.2) is 0 Å². The van der Waals surface area contributed by atoms with Gasteiger partial charge in [0.25, 0.3) is 0 Å². The highest BCUT2D eigenvalue weighted by Crippen LogP contribution is 2.24. The number of guanidine groups is 1. The number of aliphatic hydroxyl groups is 1. The summed E-state index contributed by atoms with van der Waals surface area (Å²) in [5.41, 5.74) is 5.94. The monoisotopic (exact) mass is 253 g/mol. The zero-order valence-electron chi connectivity index (χ0n) is 11.3. The molecule has 0 heterocycles. The second-order valence-corrected chi connectivity index (χ2v) is 5.88. The molecular formula is C14H27N3O. The first-order valence-electron chi connectivity index (χ1n) is 7.48. The third-order valence-electron chi connectivity index (χ3n) is 4.29. The molecule has 2 saturated carbocycles. The normalized spacial score (nSPS) is 31.3. The second kappa shape index (κ2) is 6.98. The Morgan fingerprint density at radius 3 is 2.39 bits per heavy atom. The molecule has 0 unspecified atom stereocenters. The smallest absolute Gasteiger partial charge is 0.188 e. The maximum Gasteiger partial charge on any atom is 0.188 e. The summed E-state index contributed by atoms with van der Waals surface area (Å²) in [4.78, 5) is 4.47. The van der Waals surface area contributed by atoms with Crippen molar-refractivity contribution in [3.8, 4) is 0 Å². The van der Waals surface area contributed by atoms with Gasteiger partial charge in [0.2, 0.25) is 0 Å². The second-order valence-electron chi connectivity index (χ2n) is 5.88. The number of hydrogen-bond acceptors (Lipinski definition) is 2. The van der Waals surface area contributed by atoms with Crippen molar-refractivity contribution < 1.29 is 5.11 Å². The third kappa shape index (κ3) is 4.48. The molecule has 0 aromatic heterocycles. The number of nitrogens with one attached hydrogen (secondary N) is 1. The van der Waals surface area contributed by atoms with Gasteiger partial charge in [-0.2, -0.15) is 0 Å². The van der Waals surface area contributed by atoms with Crippen LogP contribution in [-0.2, 0) is 0 Å². The lowest BCUT2D eigenvalue weighted by Crippen LogP contribution is -2.41. The molecule has 0 bridgehead atoms. The van der Waals surface area contributed by atoms with Crippen LogP contribution in [0.3, 0.4) is 0 Å². The Labute approximate surface area is 110 Å². The van der Waals surface area contributed by atoms with Gasteiger partial charge in [-0.1, -0.05) is 19.3 Å². The lowest BCUT2D eigenvalue weighted by molar-refractivity contribution is 0.110. The fourth-order valence-electron chi connectivity index (χ4n) is 3.06. The van der Waals surface area contributed by atoms with Gasteiger partial charge < -0.3 is 16.2 Å². The van der Waals surface area contributed by atoms with Crippen molar-refractivity contribution in [3.63, 3.8) is 0 Å². The van der Waals surface area contributed by atoms with Crippen LogP contribution in [0.15, 0.2) is 4.99 Å². The van der Waals surface area contributed by atoms with E-state index in [0.717, 1.165) is 32.2 Å². The first kappa shape index (κ1) is 13.7. The van der Waals surface area contributed by atoms with Crippen LogP contribution in [0.5, 0.6) is 0 Å². The van der Waals surface area contributed by atoms with Crippen LogP contribution in [0, 0.1) is 5.92 Å². The molecule has 4 heteroatoms. The van der Waals surface area contributed by atoms with Crippen LogP contribution in [0.25, 0.3) is 0 Å². The molecule has 2 aliphatic rings. The van der Waals surface area contributed by atoms with Gasteiger partial charge >= 0.3 is 0 Å². The number of nitrogens with two attached hydrogens (primary N) is 1. The highest BCUT2D eigenvalue weighted by Gasteiger charge is 2.19. The van der Waals surface area contributed by atoms with E-state index in [2.05, 4.69) is 10.3 Å². The summed E-state index contributed by atoms with van der Waals surface area (Å²) in [5, 5.41) is 12.8. The molecule has 104 valence electrons. The highest BCUT2D eigenvalue weighted by atomic mass is 16.3. The quantitative estimate of drug-likeness (QED) is 0.530. The Morgan fingerprint density at radius 1 is 1.06 bits per heavy atom. The number of hydrogen-bond donors (Lipinski definition) is 3. The molecular weight excluding hydrogens is 226 g/mol. The van der Waals surface area contributed by atoms with E-state index in [1.165, 1.54) is 32.1 Å². The summed E-state index contributed by atoms with van der Waals surface area (Å²) in [6, 6.07) is 0.538. The first-order chi connectivity index (χ1) is 8.74. The Bertz CT molecular complexity index is 266. The Hall–Kier alpha value is -0.770. The van der Waals surface area contributed by atoms with Gasteiger partial charge in [0.05, 0.1) is 6.10 Å². The van der Waals surface area contributed by atoms with Crippen LogP contribution in [0.4, 0.5) is 0 Å². The maximum atomic E-state index is 9.45. The minimum atomic E-state index is -0.0806. The number of aliphatic imine (C=N–C) groups is 1. The average Bonchev–Trinajstić information content (AvgIpc) is 2.39. The van der Waals surface area contributed by atoms with Crippen molar-refractivity contribution in [2.75, 3.05) is 6.54 Å². The first-order valence-corrected chi connectivity index (χ1v) is 7.48. The maximum absolute atomic E-state index is 9.45. The minimum absolute atomic E-state index is 0.0806. The van der Waals surface area contributed by atoms with E-state index in [4.69, 9.17) is 5.73 Å². The molecule has 0 aliphatic heterocycles. The molecule has 0 radical (unpaired) electrons. The third-order valence-corrected chi connectivity index (χ3v) is 4.29. The molecule has 0 amide bonds. The van der Waals surface area contributed by atoms with Crippen LogP contribution in [-0.4, -0.2) is 29.8 Å². The molecule has 0 spiro atoms. The summed E-state index contributed by atoms with van der Waals surface area (Å²) >= 11 is 0. The predicted molar refractivity (Wildman–Crippen MR) is 74.5 cm³/mol. The Kier molecular flexibility index (Phi) is 5.29. The van der Waals surface area contributed by atoms with Crippen molar-refractivity contribution in [1.82, 2.24) is 5.32 Å². The zero-order valence-corrected chi connectivity index (χ0v) is 11.3. The lowest BCUT2D eigenvalue weighted by Gasteiger charge is -2.25. The predicted octanol–water partition coefficient (Wildman–Crippen LogP) is 1.77. The summed E-state index contributed by atoms with van der Waals surface area (Å²) < 4.78 is 0. The van der Waals surface area contributed by atoms with Gasteiger partial charge in [0.1, 0.15) is 0 Å². The molecule has 2 fully saturated rings. The fourth-order valence-corrected chi connectivity index (χ4v) is 3.06. The summed E-state index contributed by atoms with van der Waals surface area (Å²) in [7, 11) is 0. The molecule has 2 aliphatic carbocycles. The molecule has 4 nitrogen and oxygen atoms in total. The van der Waals surface area contributed by atoms with Gasteiger partial charge in [-0.05, 0) is 44.4 Å². The standard InChI is InChI=1S/C14H27N3O/c15-14(17-12-4-2-1-3-5-12)16-10-11-6-8-13(18)9-7-11/h11-13,18H,1-10H2,(H3,15,16,17). The van der Waals surface area contributed by atoms with Crippen LogP contribution in [0.2, 0.25) is 0 Å². The topological polar surface area (TPSA) is 70.6 Å². The van der Waals surface area contributed by atoms with Crippen molar-refractivity contribution in [3.05, 3.63) is 0 Å². The van der Waals surface area contributed by atoms with E-state index in [-0.39, 0.29) is 6.10 Å². The molecule has 0 aromatic carbocycles. The SMILES string of the molecule is NC(=NCC1CCC(O)CC1)NC1CCCCC1. The van der Waals surface area contributed by atoms with E-state index in [0.29, 0.717) is 17.9 Å². The van der Waals surface area contributed by atoms with Crippen molar-refractivity contribution in [2.45, 2.75) is 69.9 Å². The van der Waals surface area contributed by atoms with Gasteiger partial charge in [0, 0.05) is 12.6 Å². The molecule has 0 atom stereocenters. The molecule has 0 saturated heterocycles. The Morgan fingerprint density at radius 2 is 1.72 bits per heavy atom. The number of aliphatic hydroxyl groups excluding tert-OH is 1. The lowest BCUT2D eigenvalue weighted by atomic mass is 9.88. The Balaban J connectivity index is 1.68. The largest absolute Gasteiger partial charge is 0.393 e. The van der Waals surface area contributed by atoms with E-state index in [9.17, 15) is 5.11 Å². The minimum Gasteiger partial charge on any atom is -0.393 e. The van der Waals surface area contributed by atoms with E-state index in [1.807, 2.05) is 0 Å². The highest BCUT2D eigenvalue weighted by molar-refractivity contribution is 5.78. The van der Waals surface area contributed by atoms with E-state index >= 15 is 0 Å². The summed E-state index contributed by atoms with van der Waals surface area (Å²) in [5.74, 6) is 1.23. The van der Waals surface area contributed by atoms with Crippen LogP contribution >= 0.6 is 0 Å². The molecule has 4 N–H and O–H groups in total. The number of rotatable bonds is 3. The summed E-state index contributed by atoms with van der Waals surface area (Å²) in [6.07, 6.45) is 10.4. The average molecular weight is 253 g/mol. The zero-order chi connectivity index (χ0) is 12.8.